The number of fused-ring (bicyclic) bond motifs is 6. The van der Waals surface area contributed by atoms with Gasteiger partial charge in [0.05, 0.1) is 17.4 Å². The number of carbonyl (C=O) groups excluding carboxylic acids is 1. The highest BCUT2D eigenvalue weighted by atomic mass is 16.5. The van der Waals surface area contributed by atoms with Gasteiger partial charge in [0.15, 0.2) is 11.6 Å². The van der Waals surface area contributed by atoms with E-state index in [0.717, 1.165) is 41.2 Å². The number of nitrogens with zero attached hydrogens (tertiary/aromatic N) is 10. The minimum Gasteiger partial charge on any atom is -0.489 e. The summed E-state index contributed by atoms with van der Waals surface area (Å²) in [5.74, 6) is 1.68. The molecule has 10 rings (SSSR count). The van der Waals surface area contributed by atoms with Crippen LogP contribution in [0.2, 0.25) is 0 Å². The summed E-state index contributed by atoms with van der Waals surface area (Å²) in [4.78, 5) is 31.4. The van der Waals surface area contributed by atoms with E-state index in [9.17, 15) is 9.59 Å². The number of hydrogen-bond donors (Lipinski definition) is 5. The number of aromatic nitrogens is 12. The molecular weight excluding hydrogens is 753 g/mol. The van der Waals surface area contributed by atoms with Gasteiger partial charge in [-0.05, 0) is 47.7 Å². The molecule has 2 atom stereocenters. The number of hydrogen-bond acceptors (Lipinski definition) is 12. The molecule has 0 saturated heterocycles. The molecule has 18 heteroatoms. The molecular formula is C41H38N14O4. The molecule has 6 heterocycles. The Labute approximate surface area is 336 Å². The van der Waals surface area contributed by atoms with Crippen LogP contribution in [0.3, 0.4) is 0 Å². The van der Waals surface area contributed by atoms with Gasteiger partial charge in [-0.1, -0.05) is 91.0 Å². The van der Waals surface area contributed by atoms with Crippen molar-refractivity contribution in [2.45, 2.75) is 37.8 Å². The number of nitrogens with two attached hydrogens (primary N) is 1. The van der Waals surface area contributed by atoms with Gasteiger partial charge in [0.2, 0.25) is 5.82 Å². The van der Waals surface area contributed by atoms with E-state index in [1.54, 1.807) is 12.7 Å². The Hall–Kier alpha value is -7.86. The van der Waals surface area contributed by atoms with Crippen molar-refractivity contribution in [3.05, 3.63) is 173 Å². The van der Waals surface area contributed by atoms with Gasteiger partial charge < -0.3 is 20.9 Å². The fraction of sp³-hybridized carbons (Fsp3) is 0.171. The van der Waals surface area contributed by atoms with Gasteiger partial charge in [-0.2, -0.15) is 0 Å². The maximum atomic E-state index is 12.7. The number of ether oxygens (including phenoxy) is 1. The minimum atomic E-state index is -1.12. The number of benzene rings is 4. The van der Waals surface area contributed by atoms with E-state index in [1.807, 2.05) is 100 Å². The van der Waals surface area contributed by atoms with E-state index in [4.69, 9.17) is 15.6 Å². The van der Waals surface area contributed by atoms with Gasteiger partial charge >= 0.3 is 5.97 Å². The SMILES string of the molecule is N[C@@H]1CCc2ccccc2-n2cnnc21.O=C(N[C@@H]1COc2ccccc2-n2cnnc21)c1n[nH]c(Cc2ccccc2)n1.O=C(O)c1n[nH]c(Cc2ccccc2)n1. The average Bonchev–Trinajstić information content (AvgIpc) is 4.10. The first-order chi connectivity index (χ1) is 28.9. The van der Waals surface area contributed by atoms with Crippen LogP contribution in [0.15, 0.2) is 122 Å². The third-order valence-electron chi connectivity index (χ3n) is 9.49. The van der Waals surface area contributed by atoms with Crippen LogP contribution in [-0.2, 0) is 19.3 Å². The topological polar surface area (TPSA) is 246 Å². The summed E-state index contributed by atoms with van der Waals surface area (Å²) in [6, 6.07) is 34.9. The molecule has 0 bridgehead atoms. The van der Waals surface area contributed by atoms with E-state index < -0.39 is 17.9 Å². The van der Waals surface area contributed by atoms with Crippen LogP contribution in [0.25, 0.3) is 11.4 Å². The Morgan fingerprint density at radius 1 is 0.729 bits per heavy atom. The van der Waals surface area contributed by atoms with Crippen molar-refractivity contribution in [1.29, 1.82) is 0 Å². The average molecular weight is 791 g/mol. The van der Waals surface area contributed by atoms with Gasteiger partial charge in [-0.25, -0.2) is 14.8 Å². The fourth-order valence-corrected chi connectivity index (χ4v) is 6.63. The lowest BCUT2D eigenvalue weighted by Gasteiger charge is -2.14. The van der Waals surface area contributed by atoms with Gasteiger partial charge in [0.25, 0.3) is 11.7 Å². The zero-order chi connectivity index (χ0) is 40.6. The maximum absolute atomic E-state index is 12.7. The number of nitrogens with one attached hydrogen (secondary N) is 3. The van der Waals surface area contributed by atoms with Crippen molar-refractivity contribution < 1.29 is 19.4 Å². The highest BCUT2D eigenvalue weighted by molar-refractivity contribution is 5.90. The second-order valence-corrected chi connectivity index (χ2v) is 13.5. The zero-order valence-corrected chi connectivity index (χ0v) is 31.5. The molecule has 1 amide bonds. The van der Waals surface area contributed by atoms with Gasteiger partial charge in [0.1, 0.15) is 42.7 Å². The number of aromatic amines is 2. The number of carboxylic acids is 1. The molecule has 4 aromatic carbocycles. The standard InChI is InChI=1S/C20H17N7O2.C11H12N4.C10H9N3O2/c28-20(18-23-17(24-25-18)10-13-6-2-1-3-7-13)22-14-11-29-16-9-5-4-8-15(16)27-12-21-26-19(14)27;12-9-6-5-8-3-1-2-4-10(8)15-7-13-14-11(9)15;14-10(15)9-11-8(12-13-9)6-7-4-2-1-3-5-7/h1-9,12,14H,10-11H2,(H,22,28)(H,23,24,25);1-4,7,9H,5-6,12H2;1-5H,6H2,(H,14,15)(H,11,12,13)/t14-;9-;/m11./s1. The fourth-order valence-electron chi connectivity index (χ4n) is 6.63. The molecule has 2 aliphatic rings. The van der Waals surface area contributed by atoms with E-state index in [1.165, 1.54) is 5.56 Å². The smallest absolute Gasteiger partial charge is 0.375 e. The summed E-state index contributed by atoms with van der Waals surface area (Å²) in [5.41, 5.74) is 11.5. The van der Waals surface area contributed by atoms with Gasteiger partial charge in [0, 0.05) is 12.8 Å². The van der Waals surface area contributed by atoms with E-state index >= 15 is 0 Å². The Morgan fingerprint density at radius 2 is 1.29 bits per heavy atom. The lowest BCUT2D eigenvalue weighted by atomic mass is 10.1. The molecule has 59 heavy (non-hydrogen) atoms. The Morgan fingerprint density at radius 3 is 1.95 bits per heavy atom. The number of carbonyl (C=O) groups is 2. The summed E-state index contributed by atoms with van der Waals surface area (Å²) in [6.45, 7) is 0.225. The first-order valence-electron chi connectivity index (χ1n) is 18.7. The number of aromatic carboxylic acids is 1. The highest BCUT2D eigenvalue weighted by Crippen LogP contribution is 2.30. The van der Waals surface area contributed by atoms with Crippen molar-refractivity contribution >= 4 is 11.9 Å². The van der Waals surface area contributed by atoms with E-state index in [2.05, 4.69) is 74.3 Å². The van der Waals surface area contributed by atoms with Crippen LogP contribution >= 0.6 is 0 Å². The summed E-state index contributed by atoms with van der Waals surface area (Å²) in [7, 11) is 0. The number of H-pyrrole nitrogens is 2. The molecule has 0 aliphatic carbocycles. The number of rotatable bonds is 7. The molecule has 0 unspecified atom stereocenters. The largest absolute Gasteiger partial charge is 0.489 e. The normalized spacial score (nSPS) is 14.8. The number of aryl methyl sites for hydroxylation is 1. The molecule has 2 aliphatic heterocycles. The summed E-state index contributed by atoms with van der Waals surface area (Å²) in [5, 5.41) is 40.7. The lowest BCUT2D eigenvalue weighted by Crippen LogP contribution is -2.34. The Bertz CT molecular complexity index is 2650. The molecule has 0 saturated carbocycles. The quantitative estimate of drug-likeness (QED) is 0.153. The Kier molecular flexibility index (Phi) is 11.3. The number of amides is 1. The second kappa shape index (κ2) is 17.5. The number of carboxylic acid groups (broad SMARTS) is 1. The molecule has 4 aromatic heterocycles. The van der Waals surface area contributed by atoms with Crippen LogP contribution in [0.5, 0.6) is 5.75 Å². The zero-order valence-electron chi connectivity index (χ0n) is 31.5. The van der Waals surface area contributed by atoms with E-state index in [-0.39, 0.29) is 24.3 Å². The predicted molar refractivity (Wildman–Crippen MR) is 212 cm³/mol. The van der Waals surface area contributed by atoms with Crippen molar-refractivity contribution in [2.75, 3.05) is 6.61 Å². The highest BCUT2D eigenvalue weighted by Gasteiger charge is 2.28. The van der Waals surface area contributed by atoms with Crippen LogP contribution in [0.4, 0.5) is 0 Å². The maximum Gasteiger partial charge on any atom is 0.375 e. The van der Waals surface area contributed by atoms with Crippen LogP contribution < -0.4 is 15.8 Å². The summed E-state index contributed by atoms with van der Waals surface area (Å²) < 4.78 is 9.68. The van der Waals surface area contributed by atoms with Crippen LogP contribution in [-0.4, -0.2) is 83.5 Å². The van der Waals surface area contributed by atoms with Crippen molar-refractivity contribution in [1.82, 2.24) is 65.2 Å². The van der Waals surface area contributed by atoms with Crippen molar-refractivity contribution in [3.8, 4) is 17.1 Å². The molecule has 8 aromatic rings. The molecule has 0 spiro atoms. The van der Waals surface area contributed by atoms with Crippen LogP contribution in [0.1, 0.15) is 79.7 Å². The molecule has 296 valence electrons. The Balaban J connectivity index is 0.000000136. The van der Waals surface area contributed by atoms with Crippen LogP contribution in [0, 0.1) is 0 Å². The third kappa shape index (κ3) is 8.92. The molecule has 6 N–H and O–H groups in total. The predicted octanol–water partition coefficient (Wildman–Crippen LogP) is 4.15. The first kappa shape index (κ1) is 38.0. The van der Waals surface area contributed by atoms with E-state index in [0.29, 0.717) is 36.1 Å². The second-order valence-electron chi connectivity index (χ2n) is 13.5. The molecule has 0 radical (unpaired) electrons. The first-order valence-corrected chi connectivity index (χ1v) is 18.7. The van der Waals surface area contributed by atoms with Crippen molar-refractivity contribution in [2.24, 2.45) is 5.73 Å². The molecule has 18 nitrogen and oxygen atoms in total. The van der Waals surface area contributed by atoms with Crippen molar-refractivity contribution in [3.63, 3.8) is 0 Å². The number of para-hydroxylation sites is 3. The monoisotopic (exact) mass is 790 g/mol. The third-order valence-corrected chi connectivity index (χ3v) is 9.49. The van der Waals surface area contributed by atoms with Gasteiger partial charge in [-0.3, -0.25) is 24.1 Å². The van der Waals surface area contributed by atoms with Gasteiger partial charge in [-0.15, -0.1) is 30.6 Å². The summed E-state index contributed by atoms with van der Waals surface area (Å²) >= 11 is 0. The minimum absolute atomic E-state index is 0.0140. The summed E-state index contributed by atoms with van der Waals surface area (Å²) in [6.07, 6.45) is 6.39. The molecule has 0 fully saturated rings. The lowest BCUT2D eigenvalue weighted by molar-refractivity contribution is 0.0683.